The first-order valence-electron chi connectivity index (χ1n) is 5.22. The van der Waals surface area contributed by atoms with E-state index in [9.17, 15) is 4.79 Å². The van der Waals surface area contributed by atoms with E-state index in [4.69, 9.17) is 6.42 Å². The zero-order chi connectivity index (χ0) is 11.1. The lowest BCUT2D eigenvalue weighted by atomic mass is 10.0. The Morgan fingerprint density at radius 1 is 1.36 bits per heavy atom. The van der Waals surface area contributed by atoms with Crippen LogP contribution in [0.15, 0.2) is 0 Å². The molecule has 0 aromatic rings. The fraction of sp³-hybridized carbons (Fsp3) is 0.750. The zero-order valence-corrected chi connectivity index (χ0v) is 9.63. The van der Waals surface area contributed by atoms with Crippen molar-refractivity contribution in [3.05, 3.63) is 0 Å². The van der Waals surface area contributed by atoms with Gasteiger partial charge < -0.3 is 5.32 Å². The molecule has 0 heterocycles. The Morgan fingerprint density at radius 2 is 1.93 bits per heavy atom. The van der Waals surface area contributed by atoms with Crippen molar-refractivity contribution in [1.29, 1.82) is 0 Å². The second kappa shape index (κ2) is 6.48. The first-order chi connectivity index (χ1) is 6.47. The van der Waals surface area contributed by atoms with E-state index in [0.717, 1.165) is 6.42 Å². The lowest BCUT2D eigenvalue weighted by molar-refractivity contribution is -0.121. The van der Waals surface area contributed by atoms with E-state index in [1.807, 2.05) is 13.8 Å². The third-order valence-electron chi connectivity index (χ3n) is 2.11. The van der Waals surface area contributed by atoms with Gasteiger partial charge in [0.15, 0.2) is 0 Å². The number of hydrogen-bond donors (Lipinski definition) is 1. The van der Waals surface area contributed by atoms with E-state index in [1.54, 1.807) is 0 Å². The summed E-state index contributed by atoms with van der Waals surface area (Å²) >= 11 is 0. The highest BCUT2D eigenvalue weighted by atomic mass is 16.1. The van der Waals surface area contributed by atoms with Crippen LogP contribution in [0.25, 0.3) is 0 Å². The number of terminal acetylenes is 1. The van der Waals surface area contributed by atoms with Crippen LogP contribution in [0.2, 0.25) is 0 Å². The summed E-state index contributed by atoms with van der Waals surface area (Å²) in [6, 6.07) is -0.130. The van der Waals surface area contributed by atoms with Crippen molar-refractivity contribution in [2.45, 2.75) is 46.6 Å². The van der Waals surface area contributed by atoms with Gasteiger partial charge in [-0.3, -0.25) is 4.79 Å². The van der Waals surface area contributed by atoms with Crippen LogP contribution in [0.3, 0.4) is 0 Å². The van der Waals surface area contributed by atoms with Crippen LogP contribution in [0, 0.1) is 24.2 Å². The maximum absolute atomic E-state index is 11.4. The van der Waals surface area contributed by atoms with Crippen molar-refractivity contribution in [3.63, 3.8) is 0 Å². The zero-order valence-electron chi connectivity index (χ0n) is 9.63. The normalized spacial score (nSPS) is 12.6. The Bertz CT molecular complexity index is 213. The predicted octanol–water partition coefficient (Wildman–Crippen LogP) is 2.20. The highest BCUT2D eigenvalue weighted by molar-refractivity contribution is 5.76. The molecule has 0 radical (unpaired) electrons. The predicted molar refractivity (Wildman–Crippen MR) is 59.7 cm³/mol. The van der Waals surface area contributed by atoms with Gasteiger partial charge in [0.25, 0.3) is 0 Å². The summed E-state index contributed by atoms with van der Waals surface area (Å²) in [5.41, 5.74) is 0. The second-order valence-electron chi connectivity index (χ2n) is 4.39. The standard InChI is InChI=1S/C12H21NO/c1-6-11(10(4)5)13-12(14)8-7-9(2)3/h1,9-11H,7-8H2,2-5H3,(H,13,14)/t11-/m1/s1. The van der Waals surface area contributed by atoms with Crippen LogP contribution < -0.4 is 5.32 Å². The van der Waals surface area contributed by atoms with Gasteiger partial charge in [0.05, 0.1) is 6.04 Å². The minimum atomic E-state index is -0.130. The minimum absolute atomic E-state index is 0.0651. The Hall–Kier alpha value is -0.970. The molecule has 1 N–H and O–H groups in total. The van der Waals surface area contributed by atoms with Gasteiger partial charge in [0.1, 0.15) is 0 Å². The number of carbonyl (C=O) groups excluding carboxylic acids is 1. The maximum atomic E-state index is 11.4. The fourth-order valence-corrected chi connectivity index (χ4v) is 1.07. The van der Waals surface area contributed by atoms with E-state index in [-0.39, 0.29) is 11.9 Å². The summed E-state index contributed by atoms with van der Waals surface area (Å²) < 4.78 is 0. The van der Waals surface area contributed by atoms with Gasteiger partial charge in [-0.2, -0.15) is 0 Å². The summed E-state index contributed by atoms with van der Waals surface area (Å²) in [5.74, 6) is 3.51. The number of amides is 1. The van der Waals surface area contributed by atoms with Crippen molar-refractivity contribution in [2.24, 2.45) is 11.8 Å². The molecule has 0 saturated heterocycles. The summed E-state index contributed by atoms with van der Waals surface area (Å²) in [6.45, 7) is 8.23. The molecule has 0 saturated carbocycles. The third kappa shape index (κ3) is 5.64. The Morgan fingerprint density at radius 3 is 2.29 bits per heavy atom. The lowest BCUT2D eigenvalue weighted by Crippen LogP contribution is -2.37. The van der Waals surface area contributed by atoms with Gasteiger partial charge in [-0.25, -0.2) is 0 Å². The molecule has 0 rings (SSSR count). The van der Waals surface area contributed by atoms with Crippen LogP contribution in [0.1, 0.15) is 40.5 Å². The number of hydrogen-bond acceptors (Lipinski definition) is 1. The van der Waals surface area contributed by atoms with Crippen LogP contribution >= 0.6 is 0 Å². The van der Waals surface area contributed by atoms with Crippen LogP contribution in [-0.2, 0) is 4.79 Å². The molecule has 0 fully saturated rings. The minimum Gasteiger partial charge on any atom is -0.342 e. The molecule has 0 bridgehead atoms. The molecule has 0 aliphatic heterocycles. The maximum Gasteiger partial charge on any atom is 0.220 e. The quantitative estimate of drug-likeness (QED) is 0.669. The molecule has 0 spiro atoms. The average molecular weight is 195 g/mol. The van der Waals surface area contributed by atoms with Gasteiger partial charge in [0, 0.05) is 6.42 Å². The summed E-state index contributed by atoms with van der Waals surface area (Å²) in [6.07, 6.45) is 6.80. The van der Waals surface area contributed by atoms with Crippen LogP contribution in [-0.4, -0.2) is 11.9 Å². The largest absolute Gasteiger partial charge is 0.342 e. The highest BCUT2D eigenvalue weighted by Crippen LogP contribution is 2.05. The SMILES string of the molecule is C#C[C@@H](NC(=O)CCC(C)C)C(C)C. The molecule has 1 atom stereocenters. The second-order valence-corrected chi connectivity index (χ2v) is 4.39. The molecule has 0 aliphatic carbocycles. The Kier molecular flexibility index (Phi) is 6.03. The number of rotatable bonds is 5. The lowest BCUT2D eigenvalue weighted by Gasteiger charge is -2.16. The smallest absolute Gasteiger partial charge is 0.220 e. The number of nitrogens with one attached hydrogen (secondary N) is 1. The monoisotopic (exact) mass is 195 g/mol. The first-order valence-corrected chi connectivity index (χ1v) is 5.22. The molecule has 2 nitrogen and oxygen atoms in total. The van der Waals surface area contributed by atoms with Crippen molar-refractivity contribution in [1.82, 2.24) is 5.32 Å². The van der Waals surface area contributed by atoms with Crippen molar-refractivity contribution in [2.75, 3.05) is 0 Å². The van der Waals surface area contributed by atoms with E-state index in [1.165, 1.54) is 0 Å². The van der Waals surface area contributed by atoms with Gasteiger partial charge in [-0.1, -0.05) is 33.6 Å². The fourth-order valence-electron chi connectivity index (χ4n) is 1.07. The van der Waals surface area contributed by atoms with Gasteiger partial charge in [-0.05, 0) is 18.3 Å². The first kappa shape index (κ1) is 13.0. The highest BCUT2D eigenvalue weighted by Gasteiger charge is 2.12. The van der Waals surface area contributed by atoms with Crippen LogP contribution in [0.5, 0.6) is 0 Å². The van der Waals surface area contributed by atoms with Crippen molar-refractivity contribution < 1.29 is 4.79 Å². The van der Waals surface area contributed by atoms with Crippen molar-refractivity contribution >= 4 is 5.91 Å². The third-order valence-corrected chi connectivity index (χ3v) is 2.11. The van der Waals surface area contributed by atoms with E-state index in [0.29, 0.717) is 18.3 Å². The molecule has 1 amide bonds. The molecule has 0 aromatic heterocycles. The molecule has 14 heavy (non-hydrogen) atoms. The molecular weight excluding hydrogens is 174 g/mol. The molecule has 0 unspecified atom stereocenters. The molecule has 80 valence electrons. The average Bonchev–Trinajstić information content (AvgIpc) is 2.10. The molecule has 0 aliphatic rings. The van der Waals surface area contributed by atoms with Gasteiger partial charge in [-0.15, -0.1) is 6.42 Å². The van der Waals surface area contributed by atoms with E-state index in [2.05, 4.69) is 25.1 Å². The molecule has 0 aromatic carbocycles. The molecular formula is C12H21NO. The topological polar surface area (TPSA) is 29.1 Å². The number of carbonyl (C=O) groups is 1. The summed E-state index contributed by atoms with van der Waals surface area (Å²) in [7, 11) is 0. The molecule has 2 heteroatoms. The Labute approximate surface area is 87.5 Å². The van der Waals surface area contributed by atoms with E-state index >= 15 is 0 Å². The van der Waals surface area contributed by atoms with Gasteiger partial charge >= 0.3 is 0 Å². The van der Waals surface area contributed by atoms with Gasteiger partial charge in [0.2, 0.25) is 5.91 Å². The van der Waals surface area contributed by atoms with Crippen molar-refractivity contribution in [3.8, 4) is 12.3 Å². The van der Waals surface area contributed by atoms with E-state index < -0.39 is 0 Å². The van der Waals surface area contributed by atoms with Crippen LogP contribution in [0.4, 0.5) is 0 Å². The Balaban J connectivity index is 3.87. The summed E-state index contributed by atoms with van der Waals surface area (Å²) in [5, 5.41) is 2.85. The summed E-state index contributed by atoms with van der Waals surface area (Å²) in [4.78, 5) is 11.4.